The van der Waals surface area contributed by atoms with Crippen LogP contribution in [-0.4, -0.2) is 10.7 Å². The molecule has 0 bridgehead atoms. The van der Waals surface area contributed by atoms with Crippen LogP contribution < -0.4 is 0 Å². The van der Waals surface area contributed by atoms with Gasteiger partial charge in [-0.3, -0.25) is 0 Å². The largest absolute Gasteiger partial charge is 0.207 e. The van der Waals surface area contributed by atoms with Crippen molar-refractivity contribution in [2.75, 3.05) is 10.7 Å². The Bertz CT molecular complexity index is 489. The number of hydrogen-bond donors (Lipinski definition) is 0. The molecule has 0 nitrogen and oxygen atoms in total. The van der Waals surface area contributed by atoms with Crippen LogP contribution in [-0.2, 0) is 11.8 Å². The molecule has 0 atom stereocenters. The van der Waals surface area contributed by atoms with E-state index in [-0.39, 0.29) is 11.2 Å². The second kappa shape index (κ2) is 7.00. The Morgan fingerprint density at radius 2 is 1.74 bits per heavy atom. The van der Waals surface area contributed by atoms with Crippen molar-refractivity contribution >= 4 is 43.2 Å². The normalized spacial score (nSPS) is 11.7. The van der Waals surface area contributed by atoms with Crippen LogP contribution in [0.3, 0.4) is 0 Å². The van der Waals surface area contributed by atoms with E-state index in [9.17, 15) is 4.39 Å². The highest BCUT2D eigenvalue weighted by Gasteiger charge is 2.29. The van der Waals surface area contributed by atoms with Gasteiger partial charge < -0.3 is 0 Å². The third-order valence-electron chi connectivity index (χ3n) is 3.40. The van der Waals surface area contributed by atoms with E-state index in [0.717, 1.165) is 23.5 Å². The summed E-state index contributed by atoms with van der Waals surface area (Å²) in [6, 6.07) is 11.1. The van der Waals surface area contributed by atoms with E-state index in [1.807, 2.05) is 12.1 Å². The Balaban J connectivity index is 2.19. The highest BCUT2D eigenvalue weighted by atomic mass is 79.9. The molecule has 0 N–H and O–H groups in total. The van der Waals surface area contributed by atoms with E-state index in [1.54, 1.807) is 23.5 Å². The molecule has 0 aliphatic heterocycles. The van der Waals surface area contributed by atoms with E-state index >= 15 is 0 Å². The Morgan fingerprint density at radius 1 is 1.05 bits per heavy atom. The van der Waals surface area contributed by atoms with Crippen LogP contribution in [0.25, 0.3) is 0 Å². The smallest absolute Gasteiger partial charge is 0.123 e. The van der Waals surface area contributed by atoms with Crippen LogP contribution in [0.1, 0.15) is 16.9 Å². The Morgan fingerprint density at radius 3 is 2.26 bits per heavy atom. The minimum atomic E-state index is -0.181. The number of rotatable bonds is 6. The summed E-state index contributed by atoms with van der Waals surface area (Å²) < 4.78 is 13.1. The van der Waals surface area contributed by atoms with Crippen molar-refractivity contribution in [1.29, 1.82) is 0 Å². The Labute approximate surface area is 134 Å². The maximum Gasteiger partial charge on any atom is 0.123 e. The van der Waals surface area contributed by atoms with Gasteiger partial charge in [-0.15, -0.1) is 11.3 Å². The zero-order valence-electron chi connectivity index (χ0n) is 10.4. The first-order chi connectivity index (χ1) is 9.20. The first-order valence-corrected chi connectivity index (χ1v) is 9.23. The van der Waals surface area contributed by atoms with E-state index < -0.39 is 0 Å². The lowest BCUT2D eigenvalue weighted by atomic mass is 9.80. The predicted molar refractivity (Wildman–Crippen MR) is 88.3 cm³/mol. The maximum atomic E-state index is 13.1. The van der Waals surface area contributed by atoms with Gasteiger partial charge >= 0.3 is 0 Å². The van der Waals surface area contributed by atoms with Gasteiger partial charge in [-0.05, 0) is 42.0 Å². The lowest BCUT2D eigenvalue weighted by Gasteiger charge is -2.30. The van der Waals surface area contributed by atoms with Crippen molar-refractivity contribution < 1.29 is 4.39 Å². The van der Waals surface area contributed by atoms with Gasteiger partial charge in [0.05, 0.1) is 0 Å². The molecule has 19 heavy (non-hydrogen) atoms. The van der Waals surface area contributed by atoms with Gasteiger partial charge in [0, 0.05) is 21.0 Å². The van der Waals surface area contributed by atoms with E-state index in [1.165, 1.54) is 10.4 Å². The molecule has 0 saturated carbocycles. The van der Waals surface area contributed by atoms with E-state index in [0.29, 0.717) is 0 Å². The molecule has 0 aliphatic rings. The Hall–Kier alpha value is -0.190. The molecular weight excluding hydrogens is 391 g/mol. The predicted octanol–water partition coefficient (Wildman–Crippen LogP) is 5.55. The fourth-order valence-corrected chi connectivity index (χ4v) is 4.93. The molecule has 2 rings (SSSR count). The van der Waals surface area contributed by atoms with Gasteiger partial charge in [-0.1, -0.05) is 50.1 Å². The number of aryl methyl sites for hydroxylation is 1. The summed E-state index contributed by atoms with van der Waals surface area (Å²) in [7, 11) is 0. The summed E-state index contributed by atoms with van der Waals surface area (Å²) in [6.07, 6.45) is 2.09. The summed E-state index contributed by atoms with van der Waals surface area (Å²) in [6.45, 7) is 0. The van der Waals surface area contributed by atoms with Crippen molar-refractivity contribution in [1.82, 2.24) is 0 Å². The summed E-state index contributed by atoms with van der Waals surface area (Å²) in [4.78, 5) is 1.40. The first kappa shape index (κ1) is 15.2. The van der Waals surface area contributed by atoms with Gasteiger partial charge in [0.25, 0.3) is 0 Å². The minimum absolute atomic E-state index is 0.0116. The van der Waals surface area contributed by atoms with E-state index in [4.69, 9.17) is 0 Å². The molecule has 1 aromatic heterocycles. The molecule has 1 heterocycles. The van der Waals surface area contributed by atoms with Crippen LogP contribution in [0.5, 0.6) is 0 Å². The second-order valence-electron chi connectivity index (χ2n) is 4.63. The standard InChI is InChI=1S/C15H15Br2FS/c16-10-15(11-17,8-7-14-2-1-9-19-14)12-3-5-13(18)6-4-12/h1-6,9H,7-8,10-11H2. The molecule has 2 aromatic rings. The lowest BCUT2D eigenvalue weighted by molar-refractivity contribution is 0.505. The maximum absolute atomic E-state index is 13.1. The number of thiophene rings is 1. The fraction of sp³-hybridized carbons (Fsp3) is 0.333. The quantitative estimate of drug-likeness (QED) is 0.552. The SMILES string of the molecule is Fc1ccc(C(CBr)(CBr)CCc2cccs2)cc1. The van der Waals surface area contributed by atoms with Crippen LogP contribution in [0.2, 0.25) is 0 Å². The second-order valence-corrected chi connectivity index (χ2v) is 6.79. The van der Waals surface area contributed by atoms with Gasteiger partial charge in [0.15, 0.2) is 0 Å². The molecule has 0 saturated heterocycles. The highest BCUT2D eigenvalue weighted by molar-refractivity contribution is 9.09. The van der Waals surface area contributed by atoms with Crippen molar-refractivity contribution in [3.8, 4) is 0 Å². The average molecular weight is 406 g/mol. The third kappa shape index (κ3) is 3.67. The van der Waals surface area contributed by atoms with Crippen LogP contribution in [0.15, 0.2) is 41.8 Å². The van der Waals surface area contributed by atoms with Crippen molar-refractivity contribution in [2.24, 2.45) is 0 Å². The molecule has 102 valence electrons. The zero-order valence-corrected chi connectivity index (χ0v) is 14.4. The summed E-state index contributed by atoms with van der Waals surface area (Å²) >= 11 is 9.06. The monoisotopic (exact) mass is 404 g/mol. The number of halogens is 3. The van der Waals surface area contributed by atoms with Gasteiger partial charge in [0.1, 0.15) is 5.82 Å². The van der Waals surface area contributed by atoms with Crippen molar-refractivity contribution in [3.05, 3.63) is 58.0 Å². The molecule has 1 aromatic carbocycles. The zero-order chi connectivity index (χ0) is 13.7. The number of alkyl halides is 2. The molecule has 0 aliphatic carbocycles. The fourth-order valence-electron chi connectivity index (χ4n) is 2.09. The molecule has 0 spiro atoms. The number of benzene rings is 1. The molecule has 0 radical (unpaired) electrons. The average Bonchev–Trinajstić information content (AvgIpc) is 2.95. The first-order valence-electron chi connectivity index (χ1n) is 6.10. The van der Waals surface area contributed by atoms with Crippen molar-refractivity contribution in [3.63, 3.8) is 0 Å². The van der Waals surface area contributed by atoms with Gasteiger partial charge in [-0.2, -0.15) is 0 Å². The minimum Gasteiger partial charge on any atom is -0.207 e. The molecule has 4 heteroatoms. The van der Waals surface area contributed by atoms with Crippen LogP contribution in [0.4, 0.5) is 4.39 Å². The molecular formula is C15H15Br2FS. The molecule has 0 unspecified atom stereocenters. The van der Waals surface area contributed by atoms with Gasteiger partial charge in [-0.25, -0.2) is 4.39 Å². The molecule has 0 fully saturated rings. The van der Waals surface area contributed by atoms with Gasteiger partial charge in [0.2, 0.25) is 0 Å². The van der Waals surface area contributed by atoms with Crippen LogP contribution in [0, 0.1) is 5.82 Å². The Kier molecular flexibility index (Phi) is 5.60. The summed E-state index contributed by atoms with van der Waals surface area (Å²) in [5.41, 5.74) is 1.19. The summed E-state index contributed by atoms with van der Waals surface area (Å²) in [5.74, 6) is -0.181. The highest BCUT2D eigenvalue weighted by Crippen LogP contribution is 2.34. The third-order valence-corrected chi connectivity index (χ3v) is 6.48. The number of hydrogen-bond acceptors (Lipinski definition) is 1. The summed E-state index contributed by atoms with van der Waals surface area (Å²) in [5, 5.41) is 3.84. The van der Waals surface area contributed by atoms with E-state index in [2.05, 4.69) is 49.4 Å². The lowest BCUT2D eigenvalue weighted by Crippen LogP contribution is -2.30. The van der Waals surface area contributed by atoms with Crippen LogP contribution >= 0.6 is 43.2 Å². The topological polar surface area (TPSA) is 0 Å². The van der Waals surface area contributed by atoms with Crippen molar-refractivity contribution in [2.45, 2.75) is 18.3 Å². The molecule has 0 amide bonds.